The highest BCUT2D eigenvalue weighted by atomic mass is 79.9. The van der Waals surface area contributed by atoms with Gasteiger partial charge in [-0.3, -0.25) is 9.59 Å². The van der Waals surface area contributed by atoms with Crippen LogP contribution >= 0.6 is 15.9 Å². The van der Waals surface area contributed by atoms with Crippen LogP contribution < -0.4 is 4.90 Å². The van der Waals surface area contributed by atoms with Crippen molar-refractivity contribution in [3.05, 3.63) is 28.2 Å². The molecular weight excluding hydrogens is 282 g/mol. The summed E-state index contributed by atoms with van der Waals surface area (Å²) in [5.41, 5.74) is 0.352. The zero-order valence-electron chi connectivity index (χ0n) is 10.1. The number of carbonyl (C=O) groups excluding carboxylic acids is 2. The number of benzene rings is 1. The first-order valence-electron chi connectivity index (χ1n) is 5.55. The van der Waals surface area contributed by atoms with Crippen LogP contribution in [0.1, 0.15) is 30.6 Å². The zero-order valence-corrected chi connectivity index (χ0v) is 11.7. The molecule has 4 heteroatoms. The Kier molecular flexibility index (Phi) is 2.86. The number of nitrogens with zero attached hydrogens (tertiary/aromatic N) is 1. The minimum Gasteiger partial charge on any atom is -0.314 e. The number of fused-ring (bicyclic) bond motifs is 1. The fourth-order valence-corrected chi connectivity index (χ4v) is 2.72. The predicted molar refractivity (Wildman–Crippen MR) is 70.3 cm³/mol. The molecule has 0 saturated heterocycles. The highest BCUT2D eigenvalue weighted by molar-refractivity contribution is 9.10. The third-order valence-corrected chi connectivity index (χ3v) is 4.23. The van der Waals surface area contributed by atoms with Gasteiger partial charge in [0.1, 0.15) is 5.41 Å². The van der Waals surface area contributed by atoms with Crippen LogP contribution in [0.3, 0.4) is 0 Å². The molecule has 3 nitrogen and oxygen atoms in total. The highest BCUT2D eigenvalue weighted by Gasteiger charge is 2.47. The van der Waals surface area contributed by atoms with Gasteiger partial charge in [0, 0.05) is 11.5 Å². The van der Waals surface area contributed by atoms with E-state index in [1.807, 2.05) is 19.1 Å². The number of Topliss-reactive ketones (excluding diaryl/α,β-unsaturated/α-hetero) is 1. The molecule has 0 N–H and O–H groups in total. The monoisotopic (exact) mass is 295 g/mol. The molecule has 0 aromatic heterocycles. The van der Waals surface area contributed by atoms with Crippen molar-refractivity contribution in [1.82, 2.24) is 0 Å². The molecule has 1 aromatic carbocycles. The number of rotatable bonds is 1. The molecule has 17 heavy (non-hydrogen) atoms. The molecule has 1 aromatic rings. The Morgan fingerprint density at radius 3 is 2.59 bits per heavy atom. The Morgan fingerprint density at radius 1 is 1.35 bits per heavy atom. The van der Waals surface area contributed by atoms with E-state index >= 15 is 0 Å². The van der Waals surface area contributed by atoms with Gasteiger partial charge in [0.05, 0.1) is 11.3 Å². The molecule has 2 rings (SSSR count). The molecule has 1 atom stereocenters. The fraction of sp³-hybridized carbons (Fsp3) is 0.385. The van der Waals surface area contributed by atoms with Gasteiger partial charge < -0.3 is 4.90 Å². The van der Waals surface area contributed by atoms with Crippen molar-refractivity contribution in [2.45, 2.75) is 20.3 Å². The van der Waals surface area contributed by atoms with Crippen molar-refractivity contribution in [1.29, 1.82) is 0 Å². The minimum atomic E-state index is -0.939. The van der Waals surface area contributed by atoms with E-state index in [4.69, 9.17) is 0 Å². The topological polar surface area (TPSA) is 37.4 Å². The van der Waals surface area contributed by atoms with Gasteiger partial charge in [-0.05, 0) is 41.4 Å². The lowest BCUT2D eigenvalue weighted by atomic mass is 9.75. The fourth-order valence-electron chi connectivity index (χ4n) is 2.18. The number of hydrogen-bond acceptors (Lipinski definition) is 2. The molecule has 0 saturated carbocycles. The van der Waals surface area contributed by atoms with Crippen LogP contribution in [0.5, 0.6) is 0 Å². The first-order chi connectivity index (χ1) is 7.93. The Bertz CT molecular complexity index is 512. The Hall–Kier alpha value is -1.16. The Balaban J connectivity index is 2.73. The van der Waals surface area contributed by atoms with E-state index in [0.717, 1.165) is 4.47 Å². The molecule has 90 valence electrons. The van der Waals surface area contributed by atoms with Gasteiger partial charge in [-0.25, -0.2) is 0 Å². The first kappa shape index (κ1) is 12.3. The second-order valence-electron chi connectivity index (χ2n) is 4.51. The second kappa shape index (κ2) is 3.95. The molecule has 1 unspecified atom stereocenters. The van der Waals surface area contributed by atoms with Gasteiger partial charge >= 0.3 is 0 Å². The summed E-state index contributed by atoms with van der Waals surface area (Å²) in [5.74, 6) is -0.221. The average Bonchev–Trinajstić information content (AvgIpc) is 2.33. The molecule has 1 amide bonds. The van der Waals surface area contributed by atoms with Crippen molar-refractivity contribution in [2.24, 2.45) is 5.41 Å². The number of amides is 1. The molecule has 1 heterocycles. The van der Waals surface area contributed by atoms with E-state index < -0.39 is 5.41 Å². The first-order valence-corrected chi connectivity index (χ1v) is 6.34. The van der Waals surface area contributed by atoms with Gasteiger partial charge in [0.2, 0.25) is 5.91 Å². The largest absolute Gasteiger partial charge is 0.314 e. The third-order valence-electron chi connectivity index (χ3n) is 3.56. The molecule has 0 aliphatic carbocycles. The van der Waals surface area contributed by atoms with Crippen LogP contribution in [0, 0.1) is 5.41 Å². The number of halogens is 1. The summed E-state index contributed by atoms with van der Waals surface area (Å²) in [7, 11) is 1.72. The van der Waals surface area contributed by atoms with E-state index in [1.54, 1.807) is 24.9 Å². The van der Waals surface area contributed by atoms with Gasteiger partial charge in [-0.2, -0.15) is 0 Å². The van der Waals surface area contributed by atoms with Crippen LogP contribution in [0.4, 0.5) is 5.69 Å². The maximum Gasteiger partial charge on any atom is 0.240 e. The summed E-state index contributed by atoms with van der Waals surface area (Å²) in [6, 6.07) is 5.45. The number of anilines is 1. The normalized spacial score (nSPS) is 23.9. The van der Waals surface area contributed by atoms with Crippen LogP contribution in [0.15, 0.2) is 22.7 Å². The second-order valence-corrected chi connectivity index (χ2v) is 5.37. The summed E-state index contributed by atoms with van der Waals surface area (Å²) in [6.45, 7) is 3.59. The van der Waals surface area contributed by atoms with Gasteiger partial charge in [-0.15, -0.1) is 0 Å². The number of ketones is 1. The predicted octanol–water partition coefficient (Wildman–Crippen LogP) is 3.02. The van der Waals surface area contributed by atoms with Crippen LogP contribution in [0.2, 0.25) is 0 Å². The van der Waals surface area contributed by atoms with Crippen molar-refractivity contribution in [3.8, 4) is 0 Å². The van der Waals surface area contributed by atoms with Gasteiger partial charge in [0.15, 0.2) is 5.78 Å². The average molecular weight is 296 g/mol. The summed E-state index contributed by atoms with van der Waals surface area (Å²) < 4.78 is 0.749. The van der Waals surface area contributed by atoms with Crippen molar-refractivity contribution < 1.29 is 9.59 Å². The van der Waals surface area contributed by atoms with Crippen LogP contribution in [-0.2, 0) is 4.79 Å². The SMILES string of the molecule is CCC1(C)C(=O)c2c(Br)cccc2N(C)C1=O. The molecule has 0 radical (unpaired) electrons. The molecule has 1 aliphatic rings. The van der Waals surface area contributed by atoms with Crippen molar-refractivity contribution >= 4 is 33.3 Å². The maximum absolute atomic E-state index is 12.5. The smallest absolute Gasteiger partial charge is 0.240 e. The summed E-state index contributed by atoms with van der Waals surface area (Å²) in [4.78, 5) is 26.3. The number of hydrogen-bond donors (Lipinski definition) is 0. The quantitative estimate of drug-likeness (QED) is 0.747. The van der Waals surface area contributed by atoms with E-state index in [-0.39, 0.29) is 11.7 Å². The van der Waals surface area contributed by atoms with Crippen molar-refractivity contribution in [3.63, 3.8) is 0 Å². The molecule has 1 aliphatic heterocycles. The lowest BCUT2D eigenvalue weighted by Gasteiger charge is -2.37. The van der Waals surface area contributed by atoms with Crippen LogP contribution in [0.25, 0.3) is 0 Å². The third kappa shape index (κ3) is 1.54. The Morgan fingerprint density at radius 2 is 2.00 bits per heavy atom. The maximum atomic E-state index is 12.5. The zero-order chi connectivity index (χ0) is 12.8. The Labute approximate surface area is 109 Å². The molecular formula is C13H14BrNO2. The summed E-state index contributed by atoms with van der Waals surface area (Å²) >= 11 is 3.39. The van der Waals surface area contributed by atoms with Crippen molar-refractivity contribution in [2.75, 3.05) is 11.9 Å². The van der Waals surface area contributed by atoms with Crippen LogP contribution in [-0.4, -0.2) is 18.7 Å². The molecule has 0 spiro atoms. The van der Waals surface area contributed by atoms with Gasteiger partial charge in [0.25, 0.3) is 0 Å². The summed E-state index contributed by atoms with van der Waals surface area (Å²) in [6.07, 6.45) is 0.510. The van der Waals surface area contributed by atoms with Gasteiger partial charge in [-0.1, -0.05) is 13.0 Å². The molecule has 0 fully saturated rings. The van der Waals surface area contributed by atoms with E-state index in [2.05, 4.69) is 15.9 Å². The lowest BCUT2D eigenvalue weighted by molar-refractivity contribution is -0.125. The standard InChI is InChI=1S/C13H14BrNO2/c1-4-13(2)11(16)10-8(14)6-5-7-9(10)15(3)12(13)17/h5-7H,4H2,1-3H3. The number of carbonyl (C=O) groups is 2. The van der Waals surface area contributed by atoms with E-state index in [9.17, 15) is 9.59 Å². The highest BCUT2D eigenvalue weighted by Crippen LogP contribution is 2.41. The lowest BCUT2D eigenvalue weighted by Crippen LogP contribution is -2.49. The summed E-state index contributed by atoms with van der Waals surface area (Å²) in [5, 5.41) is 0. The van der Waals surface area contributed by atoms with E-state index in [0.29, 0.717) is 17.7 Å². The minimum absolute atomic E-state index is 0.0921. The van der Waals surface area contributed by atoms with E-state index in [1.165, 1.54) is 0 Å². The molecule has 0 bridgehead atoms.